The average Bonchev–Trinajstić information content (AvgIpc) is 2.88. The number of aliphatic hydroxyl groups excluding tert-OH is 1. The second-order valence-electron chi connectivity index (χ2n) is 4.57. The van der Waals surface area contributed by atoms with Crippen molar-refractivity contribution >= 4 is 5.91 Å². The molecule has 0 aliphatic carbocycles. The van der Waals surface area contributed by atoms with Crippen LogP contribution in [0.1, 0.15) is 16.1 Å². The van der Waals surface area contributed by atoms with E-state index in [0.29, 0.717) is 17.9 Å². The van der Waals surface area contributed by atoms with Gasteiger partial charge in [-0.15, -0.1) is 0 Å². The van der Waals surface area contributed by atoms with Crippen LogP contribution >= 0.6 is 0 Å². The predicted octanol–water partition coefficient (Wildman–Crippen LogP) is -1.01. The number of nitrogens with zero attached hydrogens (tertiary/aromatic N) is 2. The number of nitrogens with two attached hydrogens (primary N) is 1. The van der Waals surface area contributed by atoms with Gasteiger partial charge in [-0.05, 0) is 6.07 Å². The third-order valence-electron chi connectivity index (χ3n) is 3.37. The molecule has 1 aromatic heterocycles. The Balaban J connectivity index is 1.89. The fourth-order valence-corrected chi connectivity index (χ4v) is 2.26. The number of hydrazine groups is 1. The maximum absolute atomic E-state index is 11.5. The van der Waals surface area contributed by atoms with E-state index in [-0.39, 0.29) is 12.5 Å². The smallest absolute Gasteiger partial charge is 0.268 e. The molecule has 1 amide bonds. The second kappa shape index (κ2) is 6.67. The van der Waals surface area contributed by atoms with Crippen molar-refractivity contribution in [2.45, 2.75) is 6.54 Å². The topological polar surface area (TPSA) is 95.0 Å². The molecule has 0 unspecified atom stereocenters. The van der Waals surface area contributed by atoms with Gasteiger partial charge in [-0.2, -0.15) is 0 Å². The van der Waals surface area contributed by atoms with Gasteiger partial charge >= 0.3 is 0 Å². The van der Waals surface area contributed by atoms with Crippen LogP contribution in [0, 0.1) is 0 Å². The van der Waals surface area contributed by atoms with E-state index in [1.165, 1.54) is 6.26 Å². The Bertz CT molecular complexity index is 413. The third kappa shape index (κ3) is 3.54. The molecule has 0 aromatic carbocycles. The van der Waals surface area contributed by atoms with Crippen molar-refractivity contribution in [2.24, 2.45) is 5.84 Å². The van der Waals surface area contributed by atoms with Crippen LogP contribution in [0.3, 0.4) is 0 Å². The second-order valence-corrected chi connectivity index (χ2v) is 4.57. The largest absolute Gasteiger partial charge is 0.467 e. The molecule has 19 heavy (non-hydrogen) atoms. The summed E-state index contributed by atoms with van der Waals surface area (Å²) in [6.45, 7) is 5.13. The molecular formula is C12H20N4O3. The van der Waals surface area contributed by atoms with Crippen LogP contribution in [0.15, 0.2) is 16.7 Å². The van der Waals surface area contributed by atoms with Crippen LogP contribution in [0.5, 0.6) is 0 Å². The lowest BCUT2D eigenvalue weighted by Gasteiger charge is -2.33. The van der Waals surface area contributed by atoms with Crippen LogP contribution in [-0.4, -0.2) is 60.1 Å². The van der Waals surface area contributed by atoms with Gasteiger partial charge in [0.1, 0.15) is 5.76 Å². The summed E-state index contributed by atoms with van der Waals surface area (Å²) < 4.78 is 5.35. The number of furan rings is 1. The number of carbonyl (C=O) groups is 1. The van der Waals surface area contributed by atoms with E-state index in [1.807, 2.05) is 0 Å². The fourth-order valence-electron chi connectivity index (χ4n) is 2.26. The number of aliphatic hydroxyl groups is 1. The van der Waals surface area contributed by atoms with E-state index in [2.05, 4.69) is 15.2 Å². The SMILES string of the molecule is NNC(=O)c1ccoc1CN1CCN(CCO)CC1. The normalized spacial score (nSPS) is 17.6. The molecule has 0 bridgehead atoms. The van der Waals surface area contributed by atoms with Crippen molar-refractivity contribution in [1.82, 2.24) is 15.2 Å². The molecular weight excluding hydrogens is 248 g/mol. The minimum atomic E-state index is -0.331. The molecule has 0 radical (unpaired) electrons. The van der Waals surface area contributed by atoms with E-state index in [4.69, 9.17) is 15.4 Å². The van der Waals surface area contributed by atoms with Gasteiger partial charge in [-0.25, -0.2) is 5.84 Å². The molecule has 106 valence electrons. The molecule has 2 rings (SSSR count). The predicted molar refractivity (Wildman–Crippen MR) is 69.2 cm³/mol. The number of β-amino-alcohol motifs (C(OH)–C–C–N with tert-alkyl or cyclic N) is 1. The van der Waals surface area contributed by atoms with E-state index < -0.39 is 0 Å². The number of carbonyl (C=O) groups excluding carboxylic acids is 1. The Labute approximate surface area is 111 Å². The lowest BCUT2D eigenvalue weighted by atomic mass is 10.2. The van der Waals surface area contributed by atoms with E-state index >= 15 is 0 Å². The van der Waals surface area contributed by atoms with Crippen molar-refractivity contribution in [3.63, 3.8) is 0 Å². The highest BCUT2D eigenvalue weighted by Crippen LogP contribution is 2.14. The van der Waals surface area contributed by atoms with Crippen molar-refractivity contribution in [3.8, 4) is 0 Å². The maximum Gasteiger partial charge on any atom is 0.268 e. The summed E-state index contributed by atoms with van der Waals surface area (Å²) in [5.41, 5.74) is 2.60. The summed E-state index contributed by atoms with van der Waals surface area (Å²) in [5, 5.41) is 8.89. The van der Waals surface area contributed by atoms with Crippen molar-refractivity contribution in [3.05, 3.63) is 23.7 Å². The van der Waals surface area contributed by atoms with Crippen molar-refractivity contribution in [1.29, 1.82) is 0 Å². The number of hydrogen-bond acceptors (Lipinski definition) is 6. The summed E-state index contributed by atoms with van der Waals surface area (Å²) in [6, 6.07) is 1.62. The maximum atomic E-state index is 11.5. The number of piperazine rings is 1. The average molecular weight is 268 g/mol. The van der Waals surface area contributed by atoms with Crippen LogP contribution in [0.2, 0.25) is 0 Å². The molecule has 1 fully saturated rings. The van der Waals surface area contributed by atoms with Gasteiger partial charge in [-0.1, -0.05) is 0 Å². The van der Waals surface area contributed by atoms with Crippen molar-refractivity contribution < 1.29 is 14.3 Å². The van der Waals surface area contributed by atoms with Gasteiger partial charge in [-0.3, -0.25) is 20.0 Å². The molecule has 2 heterocycles. The fraction of sp³-hybridized carbons (Fsp3) is 0.583. The standard InChI is InChI=1S/C12H20N4O3/c13-14-12(18)10-1-8-19-11(10)9-16-4-2-15(3-5-16)6-7-17/h1,8,17H,2-7,9,13H2,(H,14,18). The molecule has 0 atom stereocenters. The van der Waals surface area contributed by atoms with Gasteiger partial charge in [0.15, 0.2) is 0 Å². The summed E-state index contributed by atoms with van der Waals surface area (Å²) in [7, 11) is 0. The number of nitrogen functional groups attached to an aromatic ring is 1. The number of rotatable bonds is 5. The van der Waals surface area contributed by atoms with Crippen molar-refractivity contribution in [2.75, 3.05) is 39.3 Å². The highest BCUT2D eigenvalue weighted by molar-refractivity contribution is 5.94. The first-order chi connectivity index (χ1) is 9.24. The highest BCUT2D eigenvalue weighted by atomic mass is 16.3. The van der Waals surface area contributed by atoms with Crippen LogP contribution in [-0.2, 0) is 6.54 Å². The Kier molecular flexibility index (Phi) is 4.92. The van der Waals surface area contributed by atoms with Gasteiger partial charge in [0, 0.05) is 32.7 Å². The van der Waals surface area contributed by atoms with Gasteiger partial charge in [0.05, 0.1) is 25.0 Å². The minimum Gasteiger partial charge on any atom is -0.467 e. The Morgan fingerprint density at radius 2 is 2.05 bits per heavy atom. The van der Waals surface area contributed by atoms with Gasteiger partial charge in [0.25, 0.3) is 5.91 Å². The number of nitrogens with one attached hydrogen (secondary N) is 1. The Morgan fingerprint density at radius 1 is 1.37 bits per heavy atom. The van der Waals surface area contributed by atoms with E-state index in [1.54, 1.807) is 6.07 Å². The first-order valence-electron chi connectivity index (χ1n) is 6.37. The van der Waals surface area contributed by atoms with E-state index in [0.717, 1.165) is 32.7 Å². The quantitative estimate of drug-likeness (QED) is 0.360. The molecule has 1 aliphatic rings. The third-order valence-corrected chi connectivity index (χ3v) is 3.37. The van der Waals surface area contributed by atoms with Gasteiger partial charge < -0.3 is 9.52 Å². The number of amides is 1. The minimum absolute atomic E-state index is 0.193. The zero-order chi connectivity index (χ0) is 13.7. The van der Waals surface area contributed by atoms with Gasteiger partial charge in [0.2, 0.25) is 0 Å². The Morgan fingerprint density at radius 3 is 2.68 bits per heavy atom. The molecule has 0 saturated carbocycles. The molecule has 1 saturated heterocycles. The lowest BCUT2D eigenvalue weighted by Crippen LogP contribution is -2.46. The van der Waals surface area contributed by atoms with Crippen LogP contribution in [0.4, 0.5) is 0 Å². The zero-order valence-corrected chi connectivity index (χ0v) is 10.8. The Hall–Kier alpha value is -1.41. The zero-order valence-electron chi connectivity index (χ0n) is 10.8. The first-order valence-corrected chi connectivity index (χ1v) is 6.37. The molecule has 1 aliphatic heterocycles. The molecule has 7 nitrogen and oxygen atoms in total. The van der Waals surface area contributed by atoms with Crippen LogP contribution in [0.25, 0.3) is 0 Å². The molecule has 0 spiro atoms. The van der Waals surface area contributed by atoms with Crippen LogP contribution < -0.4 is 11.3 Å². The highest BCUT2D eigenvalue weighted by Gasteiger charge is 2.20. The lowest BCUT2D eigenvalue weighted by molar-refractivity contribution is 0.0935. The summed E-state index contributed by atoms with van der Waals surface area (Å²) in [5.74, 6) is 5.44. The van der Waals surface area contributed by atoms with E-state index in [9.17, 15) is 4.79 Å². The summed E-state index contributed by atoms with van der Waals surface area (Å²) >= 11 is 0. The molecule has 4 N–H and O–H groups in total. The number of hydrogen-bond donors (Lipinski definition) is 3. The molecule has 1 aromatic rings. The summed E-state index contributed by atoms with van der Waals surface area (Å²) in [4.78, 5) is 16.0. The summed E-state index contributed by atoms with van der Waals surface area (Å²) in [6.07, 6.45) is 1.50. The molecule has 7 heteroatoms. The monoisotopic (exact) mass is 268 g/mol. The first kappa shape index (κ1) is 14.0.